The van der Waals surface area contributed by atoms with Gasteiger partial charge in [0.2, 0.25) is 15.9 Å². The smallest absolute Gasteiger partial charge is 0.244 e. The highest BCUT2D eigenvalue weighted by molar-refractivity contribution is 7.89. The molecule has 1 unspecified atom stereocenters. The summed E-state index contributed by atoms with van der Waals surface area (Å²) >= 11 is 1.69. The highest BCUT2D eigenvalue weighted by Gasteiger charge is 2.39. The van der Waals surface area contributed by atoms with Gasteiger partial charge in [-0.05, 0) is 81.0 Å². The third-order valence-electron chi connectivity index (χ3n) is 6.11. The molecule has 1 aliphatic heterocycles. The van der Waals surface area contributed by atoms with Crippen LogP contribution >= 0.6 is 11.3 Å². The van der Waals surface area contributed by atoms with Gasteiger partial charge in [0.25, 0.3) is 0 Å². The lowest BCUT2D eigenvalue weighted by Crippen LogP contribution is -2.52. The fourth-order valence-corrected chi connectivity index (χ4v) is 6.96. The Labute approximate surface area is 204 Å². The van der Waals surface area contributed by atoms with Crippen molar-refractivity contribution in [2.75, 3.05) is 13.1 Å². The van der Waals surface area contributed by atoms with Gasteiger partial charge in [-0.15, -0.1) is 11.3 Å². The lowest BCUT2D eigenvalue weighted by atomic mass is 9.92. The maximum Gasteiger partial charge on any atom is 0.244 e. The molecule has 1 atom stereocenters. The van der Waals surface area contributed by atoms with Gasteiger partial charge in [-0.25, -0.2) is 12.8 Å². The molecular formula is C26H29FN2O3S2. The Morgan fingerprint density at radius 2 is 1.74 bits per heavy atom. The number of halogens is 1. The Morgan fingerprint density at radius 3 is 2.35 bits per heavy atom. The molecule has 0 bridgehead atoms. The molecule has 4 rings (SSSR count). The summed E-state index contributed by atoms with van der Waals surface area (Å²) in [6.07, 6.45) is 0.737. The van der Waals surface area contributed by atoms with Crippen LogP contribution in [0.2, 0.25) is 0 Å². The fourth-order valence-electron chi connectivity index (χ4n) is 4.32. The minimum atomic E-state index is -4.03. The van der Waals surface area contributed by atoms with Crippen LogP contribution in [0.3, 0.4) is 0 Å². The Morgan fingerprint density at radius 1 is 1.09 bits per heavy atom. The van der Waals surface area contributed by atoms with Crippen molar-refractivity contribution in [3.63, 3.8) is 0 Å². The maximum absolute atomic E-state index is 13.7. The van der Waals surface area contributed by atoms with Crippen molar-refractivity contribution < 1.29 is 17.6 Å². The second kappa shape index (κ2) is 9.24. The first-order chi connectivity index (χ1) is 16.0. The second-order valence-corrected chi connectivity index (χ2v) is 12.4. The van der Waals surface area contributed by atoms with Crippen LogP contribution in [0, 0.1) is 12.7 Å². The molecule has 1 amide bonds. The van der Waals surface area contributed by atoms with Gasteiger partial charge in [-0.1, -0.05) is 29.8 Å². The minimum Gasteiger partial charge on any atom is -0.330 e. The average Bonchev–Trinajstić information content (AvgIpc) is 3.25. The van der Waals surface area contributed by atoms with Crippen LogP contribution in [0.25, 0.3) is 0 Å². The molecule has 34 heavy (non-hydrogen) atoms. The van der Waals surface area contributed by atoms with Crippen LogP contribution in [-0.4, -0.2) is 42.2 Å². The summed E-state index contributed by atoms with van der Waals surface area (Å²) in [5.74, 6) is -0.777. The molecule has 8 heteroatoms. The third kappa shape index (κ3) is 4.80. The van der Waals surface area contributed by atoms with Crippen molar-refractivity contribution in [2.45, 2.75) is 50.6 Å². The van der Waals surface area contributed by atoms with Gasteiger partial charge in [-0.2, -0.15) is 4.31 Å². The molecule has 0 aliphatic carbocycles. The SMILES string of the molecule is Cc1ccc(C2c3ccsc3CCN2C(=O)CN(C(C)(C)C)S(=O)(=O)c2ccc(F)cc2)cc1. The number of aryl methyl sites for hydroxylation is 1. The largest absolute Gasteiger partial charge is 0.330 e. The first-order valence-corrected chi connectivity index (χ1v) is 13.5. The maximum atomic E-state index is 13.7. The third-order valence-corrected chi connectivity index (χ3v) is 9.23. The van der Waals surface area contributed by atoms with E-state index in [2.05, 4.69) is 6.07 Å². The minimum absolute atomic E-state index is 0.0366. The highest BCUT2D eigenvalue weighted by atomic mass is 32.2. The predicted octanol–water partition coefficient (Wildman–Crippen LogP) is 5.16. The van der Waals surface area contributed by atoms with E-state index in [-0.39, 0.29) is 23.4 Å². The molecule has 5 nitrogen and oxygen atoms in total. The number of carbonyl (C=O) groups is 1. The molecular weight excluding hydrogens is 471 g/mol. The van der Waals surface area contributed by atoms with E-state index in [1.807, 2.05) is 36.6 Å². The van der Waals surface area contributed by atoms with Crippen molar-refractivity contribution in [1.29, 1.82) is 0 Å². The normalized spacial score (nSPS) is 16.5. The molecule has 2 heterocycles. The van der Waals surface area contributed by atoms with Gasteiger partial charge in [0.15, 0.2) is 0 Å². The zero-order chi connectivity index (χ0) is 24.7. The summed E-state index contributed by atoms with van der Waals surface area (Å²) in [6.45, 7) is 7.50. The monoisotopic (exact) mass is 500 g/mol. The van der Waals surface area contributed by atoms with E-state index in [1.165, 1.54) is 21.3 Å². The predicted molar refractivity (Wildman–Crippen MR) is 133 cm³/mol. The molecule has 0 saturated carbocycles. The van der Waals surface area contributed by atoms with Crippen LogP contribution in [-0.2, 0) is 21.2 Å². The number of sulfonamides is 1. The molecule has 0 spiro atoms. The van der Waals surface area contributed by atoms with E-state index in [4.69, 9.17) is 0 Å². The molecule has 0 saturated heterocycles. The zero-order valence-electron chi connectivity index (χ0n) is 19.8. The summed E-state index contributed by atoms with van der Waals surface area (Å²) in [6, 6.07) is 14.6. The topological polar surface area (TPSA) is 57.7 Å². The lowest BCUT2D eigenvalue weighted by molar-refractivity contribution is -0.134. The van der Waals surface area contributed by atoms with Crippen LogP contribution in [0.1, 0.15) is 48.4 Å². The quantitative estimate of drug-likeness (QED) is 0.486. The molecule has 0 fully saturated rings. The molecule has 2 aromatic carbocycles. The van der Waals surface area contributed by atoms with Crippen molar-refractivity contribution in [2.24, 2.45) is 0 Å². The number of benzene rings is 2. The molecule has 0 N–H and O–H groups in total. The summed E-state index contributed by atoms with van der Waals surface area (Å²) in [4.78, 5) is 16.7. The Balaban J connectivity index is 1.69. The fraction of sp³-hybridized carbons (Fsp3) is 0.346. The lowest BCUT2D eigenvalue weighted by Gasteiger charge is -2.40. The molecule has 180 valence electrons. The van der Waals surface area contributed by atoms with E-state index >= 15 is 0 Å². The molecule has 3 aromatic rings. The standard InChI is InChI=1S/C26H29FN2O3S2/c1-18-5-7-19(8-6-18)25-22-14-16-33-23(22)13-15-28(25)24(30)17-29(26(2,3)4)34(31,32)21-11-9-20(27)10-12-21/h5-12,14,16,25H,13,15,17H2,1-4H3. The van der Waals surface area contributed by atoms with Gasteiger partial charge in [0.1, 0.15) is 5.82 Å². The Bertz CT molecular complexity index is 1280. The van der Waals surface area contributed by atoms with Gasteiger partial charge in [-0.3, -0.25) is 4.79 Å². The van der Waals surface area contributed by atoms with Crippen LogP contribution in [0.4, 0.5) is 4.39 Å². The van der Waals surface area contributed by atoms with Gasteiger partial charge in [0, 0.05) is 17.0 Å². The molecule has 1 aliphatic rings. The van der Waals surface area contributed by atoms with Crippen molar-refractivity contribution in [3.8, 4) is 0 Å². The van der Waals surface area contributed by atoms with Crippen LogP contribution < -0.4 is 0 Å². The van der Waals surface area contributed by atoms with Gasteiger partial charge < -0.3 is 4.90 Å². The van der Waals surface area contributed by atoms with E-state index in [0.717, 1.165) is 35.2 Å². The number of nitrogens with zero attached hydrogens (tertiary/aromatic N) is 2. The van der Waals surface area contributed by atoms with Crippen LogP contribution in [0.15, 0.2) is 64.9 Å². The number of fused-ring (bicyclic) bond motifs is 1. The highest BCUT2D eigenvalue weighted by Crippen LogP contribution is 2.38. The summed E-state index contributed by atoms with van der Waals surface area (Å²) < 4.78 is 41.6. The average molecular weight is 501 g/mol. The van der Waals surface area contributed by atoms with Crippen molar-refractivity contribution >= 4 is 27.3 Å². The zero-order valence-corrected chi connectivity index (χ0v) is 21.4. The molecule has 1 aromatic heterocycles. The number of carbonyl (C=O) groups excluding carboxylic acids is 1. The van der Waals surface area contributed by atoms with Crippen LogP contribution in [0.5, 0.6) is 0 Å². The van der Waals surface area contributed by atoms with E-state index in [9.17, 15) is 17.6 Å². The number of amides is 1. The number of thiophene rings is 1. The van der Waals surface area contributed by atoms with E-state index in [1.54, 1.807) is 37.0 Å². The first kappa shape index (κ1) is 24.6. The Kier molecular flexibility index (Phi) is 6.68. The van der Waals surface area contributed by atoms with Crippen molar-refractivity contribution in [1.82, 2.24) is 9.21 Å². The van der Waals surface area contributed by atoms with E-state index in [0.29, 0.717) is 6.54 Å². The number of hydrogen-bond acceptors (Lipinski definition) is 4. The Hall–Kier alpha value is -2.55. The van der Waals surface area contributed by atoms with Crippen molar-refractivity contribution in [3.05, 3.63) is 87.4 Å². The van der Waals surface area contributed by atoms with E-state index < -0.39 is 21.4 Å². The number of rotatable bonds is 5. The van der Waals surface area contributed by atoms with Gasteiger partial charge >= 0.3 is 0 Å². The number of hydrogen-bond donors (Lipinski definition) is 0. The molecule has 0 radical (unpaired) electrons. The van der Waals surface area contributed by atoms with Gasteiger partial charge in [0.05, 0.1) is 17.5 Å². The second-order valence-electron chi connectivity index (χ2n) is 9.59. The first-order valence-electron chi connectivity index (χ1n) is 11.2. The summed E-state index contributed by atoms with van der Waals surface area (Å²) in [5, 5.41) is 2.04. The summed E-state index contributed by atoms with van der Waals surface area (Å²) in [7, 11) is -4.03. The summed E-state index contributed by atoms with van der Waals surface area (Å²) in [5.41, 5.74) is 2.37.